The van der Waals surface area contributed by atoms with Crippen LogP contribution in [0.2, 0.25) is 12.6 Å². The first-order chi connectivity index (χ1) is 9.81. The zero-order valence-corrected chi connectivity index (χ0v) is 16.5. The molecular formula is C8H18O7Si5. The lowest BCUT2D eigenvalue weighted by Gasteiger charge is -2.09. The number of hydrogen-bond donors (Lipinski definition) is 1. The molecule has 12 heteroatoms. The lowest BCUT2D eigenvalue weighted by Crippen LogP contribution is -2.21. The molecule has 10 radical (unpaired) electrons. The molecule has 0 amide bonds. The van der Waals surface area contributed by atoms with Gasteiger partial charge in [0.25, 0.3) is 0 Å². The molecule has 0 aromatic carbocycles. The third kappa shape index (κ3) is 16.9. The van der Waals surface area contributed by atoms with Gasteiger partial charge in [-0.25, -0.2) is 0 Å². The molecule has 0 aliphatic rings. The van der Waals surface area contributed by atoms with Gasteiger partial charge in [0.15, 0.2) is 0 Å². The molecule has 20 heavy (non-hydrogen) atoms. The minimum absolute atomic E-state index is 0.00568. The van der Waals surface area contributed by atoms with E-state index in [2.05, 4.69) is 0 Å². The van der Waals surface area contributed by atoms with E-state index in [1.165, 1.54) is 0 Å². The molecule has 1 unspecified atom stereocenters. The van der Waals surface area contributed by atoms with Crippen molar-refractivity contribution >= 4 is 49.5 Å². The molecule has 0 saturated carbocycles. The Morgan fingerprint density at radius 3 is 2.40 bits per heavy atom. The largest absolute Gasteiger partial charge is 0.435 e. The van der Waals surface area contributed by atoms with Crippen LogP contribution in [0.1, 0.15) is 6.42 Å². The number of ether oxygens (including phenoxy) is 2. The zero-order chi connectivity index (χ0) is 14.9. The van der Waals surface area contributed by atoms with E-state index in [1.54, 1.807) is 7.11 Å². The van der Waals surface area contributed by atoms with E-state index >= 15 is 0 Å². The normalized spacial score (nSPS) is 12.8. The first-order valence-electron chi connectivity index (χ1n) is 5.84. The molecule has 0 heterocycles. The second-order valence-corrected chi connectivity index (χ2v) is 8.26. The van der Waals surface area contributed by atoms with Crippen molar-refractivity contribution in [3.05, 3.63) is 0 Å². The second-order valence-electron chi connectivity index (χ2n) is 3.29. The maximum absolute atomic E-state index is 9.32. The van der Waals surface area contributed by atoms with Crippen molar-refractivity contribution in [1.29, 1.82) is 0 Å². The Labute approximate surface area is 133 Å². The predicted octanol–water partition coefficient (Wildman–Crippen LogP) is -1.23. The Kier molecular flexibility index (Phi) is 18.6. The summed E-state index contributed by atoms with van der Waals surface area (Å²) in [6.45, 7) is 3.16. The molecule has 0 rings (SSSR count). The van der Waals surface area contributed by atoms with Gasteiger partial charge in [-0.2, -0.15) is 0 Å². The van der Waals surface area contributed by atoms with E-state index in [0.717, 1.165) is 12.5 Å². The SMILES string of the molecule is COCC(O)COCCC[Si]O[Si]O[Si]O[Si]O[Si]C. The van der Waals surface area contributed by atoms with Gasteiger partial charge in [-0.15, -0.1) is 0 Å². The van der Waals surface area contributed by atoms with Crippen molar-refractivity contribution in [3.63, 3.8) is 0 Å². The summed E-state index contributed by atoms with van der Waals surface area (Å²) in [6.07, 6.45) is 0.348. The van der Waals surface area contributed by atoms with Crippen LogP contribution in [0.25, 0.3) is 0 Å². The molecule has 0 aliphatic carbocycles. The van der Waals surface area contributed by atoms with E-state index < -0.39 is 6.10 Å². The Morgan fingerprint density at radius 1 is 1.00 bits per heavy atom. The Hall–Kier alpha value is 0.804. The molecule has 0 saturated heterocycles. The highest BCUT2D eigenvalue weighted by atomic mass is 28.4. The molecule has 0 fully saturated rings. The molecule has 1 N–H and O–H groups in total. The van der Waals surface area contributed by atoms with Crippen molar-refractivity contribution in [2.45, 2.75) is 25.1 Å². The standard InChI is InChI=1S/C8H18O7Si5/c1-10-6-8(9)7-11-4-3-5-17-13-19-15-20-14-18-12-16-2/h8-9H,3-7H2,1-2H3. The summed E-state index contributed by atoms with van der Waals surface area (Å²) in [5, 5.41) is 9.32. The quantitative estimate of drug-likeness (QED) is 0.271. The van der Waals surface area contributed by atoms with Crippen LogP contribution in [0.4, 0.5) is 0 Å². The molecule has 0 spiro atoms. The van der Waals surface area contributed by atoms with Gasteiger partial charge >= 0.3 is 30.0 Å². The topological polar surface area (TPSA) is 75.6 Å². The Bertz CT molecular complexity index is 193. The molecule has 112 valence electrons. The van der Waals surface area contributed by atoms with Crippen LogP contribution < -0.4 is 0 Å². The first-order valence-corrected chi connectivity index (χ1v) is 10.8. The summed E-state index contributed by atoms with van der Waals surface area (Å²) in [5.41, 5.74) is 0. The van der Waals surface area contributed by atoms with Crippen LogP contribution in [0.15, 0.2) is 0 Å². The fraction of sp³-hybridized carbons (Fsp3) is 1.00. The lowest BCUT2D eigenvalue weighted by atomic mass is 10.4. The summed E-state index contributed by atoms with van der Waals surface area (Å²) in [6, 6.07) is 0.919. The fourth-order valence-electron chi connectivity index (χ4n) is 0.925. The second kappa shape index (κ2) is 17.9. The third-order valence-corrected chi connectivity index (χ3v) is 5.61. The molecule has 0 aliphatic heterocycles. The van der Waals surface area contributed by atoms with Crippen molar-refractivity contribution < 1.29 is 31.0 Å². The number of methoxy groups -OCH3 is 1. The van der Waals surface area contributed by atoms with E-state index in [9.17, 15) is 5.11 Å². The highest BCUT2D eigenvalue weighted by Gasteiger charge is 2.03. The van der Waals surface area contributed by atoms with Crippen LogP contribution in [-0.4, -0.2) is 87.7 Å². The molecular weight excluding hydrogens is 349 g/mol. The third-order valence-electron chi connectivity index (χ3n) is 1.66. The highest BCUT2D eigenvalue weighted by molar-refractivity contribution is 6.47. The fourth-order valence-corrected chi connectivity index (χ4v) is 4.09. The van der Waals surface area contributed by atoms with Gasteiger partial charge in [0.2, 0.25) is 19.5 Å². The van der Waals surface area contributed by atoms with Crippen LogP contribution in [0, 0.1) is 0 Å². The minimum atomic E-state index is -0.549. The summed E-state index contributed by atoms with van der Waals surface area (Å²) in [5.74, 6) is 0. The van der Waals surface area contributed by atoms with Gasteiger partial charge in [-0.05, 0) is 19.0 Å². The van der Waals surface area contributed by atoms with E-state index in [0.29, 0.717) is 39.3 Å². The summed E-state index contributed by atoms with van der Waals surface area (Å²) in [7, 11) is 2.41. The van der Waals surface area contributed by atoms with Crippen molar-refractivity contribution in [1.82, 2.24) is 0 Å². The molecule has 0 aromatic heterocycles. The van der Waals surface area contributed by atoms with E-state index in [4.69, 9.17) is 25.9 Å². The van der Waals surface area contributed by atoms with Gasteiger partial charge < -0.3 is 31.0 Å². The number of hydrogen-bond acceptors (Lipinski definition) is 7. The van der Waals surface area contributed by atoms with Gasteiger partial charge in [-0.1, -0.05) is 0 Å². The highest BCUT2D eigenvalue weighted by Crippen LogP contribution is 1.93. The van der Waals surface area contributed by atoms with Crippen LogP contribution in [0.3, 0.4) is 0 Å². The number of aliphatic hydroxyl groups excluding tert-OH is 1. The van der Waals surface area contributed by atoms with Crippen molar-refractivity contribution in [3.8, 4) is 0 Å². The average Bonchev–Trinajstić information content (AvgIpc) is 2.44. The lowest BCUT2D eigenvalue weighted by molar-refractivity contribution is -0.00584. The summed E-state index contributed by atoms with van der Waals surface area (Å²) < 4.78 is 30.6. The first kappa shape index (κ1) is 20.8. The Balaban J connectivity index is 2.99. The average molecular weight is 367 g/mol. The van der Waals surface area contributed by atoms with Gasteiger partial charge in [0, 0.05) is 13.7 Å². The van der Waals surface area contributed by atoms with Crippen molar-refractivity contribution in [2.24, 2.45) is 0 Å². The van der Waals surface area contributed by atoms with Gasteiger partial charge in [0.05, 0.1) is 13.2 Å². The van der Waals surface area contributed by atoms with Gasteiger partial charge in [0.1, 0.15) is 6.10 Å². The molecule has 1 atom stereocenters. The van der Waals surface area contributed by atoms with Crippen LogP contribution in [-0.2, 0) is 25.9 Å². The van der Waals surface area contributed by atoms with E-state index in [-0.39, 0.29) is 30.0 Å². The zero-order valence-electron chi connectivity index (χ0n) is 11.5. The molecule has 7 nitrogen and oxygen atoms in total. The number of rotatable bonds is 16. The maximum Gasteiger partial charge on any atom is 0.412 e. The molecule has 0 bridgehead atoms. The maximum atomic E-state index is 9.32. The monoisotopic (exact) mass is 366 g/mol. The van der Waals surface area contributed by atoms with Gasteiger partial charge in [-0.3, -0.25) is 0 Å². The van der Waals surface area contributed by atoms with Crippen molar-refractivity contribution in [2.75, 3.05) is 26.9 Å². The minimum Gasteiger partial charge on any atom is -0.435 e. The number of aliphatic hydroxyl groups is 1. The molecule has 0 aromatic rings. The van der Waals surface area contributed by atoms with Crippen LogP contribution >= 0.6 is 0 Å². The van der Waals surface area contributed by atoms with E-state index in [1.807, 2.05) is 6.55 Å². The smallest absolute Gasteiger partial charge is 0.412 e. The predicted molar refractivity (Wildman–Crippen MR) is 77.1 cm³/mol. The summed E-state index contributed by atoms with van der Waals surface area (Å²) in [4.78, 5) is 0. The van der Waals surface area contributed by atoms with Crippen LogP contribution in [0.5, 0.6) is 0 Å². The summed E-state index contributed by atoms with van der Waals surface area (Å²) >= 11 is 0. The Morgan fingerprint density at radius 2 is 1.70 bits per heavy atom.